The van der Waals surface area contributed by atoms with Crippen molar-refractivity contribution in [2.24, 2.45) is 0 Å². The first-order chi connectivity index (χ1) is 10.4. The molecule has 1 aromatic rings. The largest absolute Gasteiger partial charge is 0.444 e. The standard InChI is InChI=1S/C17H26N2O3/c1-17(2,3)22-16(21)19-14-9-13(10-14)18-15(11-20)12-7-5-4-6-8-12/h4-8,13-15,18,20H,9-11H2,1-3H3,(H,19,21). The zero-order valence-electron chi connectivity index (χ0n) is 13.5. The van der Waals surface area contributed by atoms with E-state index in [1.54, 1.807) is 0 Å². The molecule has 0 radical (unpaired) electrons. The monoisotopic (exact) mass is 306 g/mol. The predicted octanol–water partition coefficient (Wildman–Crippen LogP) is 2.37. The lowest BCUT2D eigenvalue weighted by molar-refractivity contribution is 0.0459. The second-order valence-electron chi connectivity index (χ2n) is 6.82. The molecule has 2 rings (SSSR count). The second kappa shape index (κ2) is 7.11. The maximum absolute atomic E-state index is 11.7. The molecule has 0 aromatic heterocycles. The Hall–Kier alpha value is -1.59. The van der Waals surface area contributed by atoms with Crippen molar-refractivity contribution < 1.29 is 14.6 Å². The summed E-state index contributed by atoms with van der Waals surface area (Å²) in [5.41, 5.74) is 0.606. The summed E-state index contributed by atoms with van der Waals surface area (Å²) in [6, 6.07) is 10.3. The zero-order chi connectivity index (χ0) is 16.2. The van der Waals surface area contributed by atoms with E-state index in [-0.39, 0.29) is 24.8 Å². The summed E-state index contributed by atoms with van der Waals surface area (Å²) in [4.78, 5) is 11.7. The van der Waals surface area contributed by atoms with Gasteiger partial charge >= 0.3 is 6.09 Å². The van der Waals surface area contributed by atoms with Gasteiger partial charge in [0.05, 0.1) is 12.6 Å². The van der Waals surface area contributed by atoms with Gasteiger partial charge in [-0.3, -0.25) is 0 Å². The van der Waals surface area contributed by atoms with Crippen molar-refractivity contribution in [3.63, 3.8) is 0 Å². The van der Waals surface area contributed by atoms with Crippen LogP contribution in [0.25, 0.3) is 0 Å². The Bertz CT molecular complexity index is 478. The number of amides is 1. The van der Waals surface area contributed by atoms with Crippen molar-refractivity contribution in [2.45, 2.75) is 57.3 Å². The van der Waals surface area contributed by atoms with E-state index in [2.05, 4.69) is 10.6 Å². The molecule has 122 valence electrons. The Morgan fingerprint density at radius 3 is 2.45 bits per heavy atom. The van der Waals surface area contributed by atoms with Crippen LogP contribution >= 0.6 is 0 Å². The Morgan fingerprint density at radius 2 is 1.91 bits per heavy atom. The molecule has 0 spiro atoms. The van der Waals surface area contributed by atoms with Crippen molar-refractivity contribution in [3.05, 3.63) is 35.9 Å². The SMILES string of the molecule is CC(C)(C)OC(=O)NC1CC(NC(CO)c2ccccc2)C1. The third kappa shape index (κ3) is 5.00. The fourth-order valence-electron chi connectivity index (χ4n) is 2.57. The van der Waals surface area contributed by atoms with Crippen molar-refractivity contribution in [3.8, 4) is 0 Å². The summed E-state index contributed by atoms with van der Waals surface area (Å²) in [6.45, 7) is 5.61. The lowest BCUT2D eigenvalue weighted by Crippen LogP contribution is -2.54. The summed E-state index contributed by atoms with van der Waals surface area (Å²) in [5.74, 6) is 0. The van der Waals surface area contributed by atoms with Crippen molar-refractivity contribution in [1.29, 1.82) is 0 Å². The van der Waals surface area contributed by atoms with Gasteiger partial charge in [-0.2, -0.15) is 0 Å². The molecule has 0 bridgehead atoms. The van der Waals surface area contributed by atoms with Gasteiger partial charge in [0, 0.05) is 12.1 Å². The average Bonchev–Trinajstić information content (AvgIpc) is 2.40. The topological polar surface area (TPSA) is 70.6 Å². The molecule has 1 aliphatic carbocycles. The Kier molecular flexibility index (Phi) is 5.42. The fourth-order valence-corrected chi connectivity index (χ4v) is 2.57. The Labute approximate surface area is 132 Å². The quantitative estimate of drug-likeness (QED) is 0.781. The first kappa shape index (κ1) is 16.8. The molecule has 5 nitrogen and oxygen atoms in total. The van der Waals surface area contributed by atoms with E-state index in [9.17, 15) is 9.90 Å². The van der Waals surface area contributed by atoms with Gasteiger partial charge in [0.15, 0.2) is 0 Å². The molecule has 5 heteroatoms. The lowest BCUT2D eigenvalue weighted by atomic mass is 9.86. The third-order valence-electron chi connectivity index (χ3n) is 3.68. The predicted molar refractivity (Wildman–Crippen MR) is 85.6 cm³/mol. The van der Waals surface area contributed by atoms with Crippen LogP contribution in [0.4, 0.5) is 4.79 Å². The maximum atomic E-state index is 11.7. The van der Waals surface area contributed by atoms with E-state index in [1.165, 1.54) is 0 Å². The van der Waals surface area contributed by atoms with Crippen molar-refractivity contribution in [1.82, 2.24) is 10.6 Å². The van der Waals surface area contributed by atoms with E-state index in [0.29, 0.717) is 6.04 Å². The average molecular weight is 306 g/mol. The van der Waals surface area contributed by atoms with Crippen molar-refractivity contribution >= 4 is 6.09 Å². The van der Waals surface area contributed by atoms with Gasteiger partial charge in [-0.1, -0.05) is 30.3 Å². The van der Waals surface area contributed by atoms with E-state index < -0.39 is 5.60 Å². The molecule has 1 aliphatic rings. The van der Waals surface area contributed by atoms with Crippen LogP contribution in [0.5, 0.6) is 0 Å². The molecule has 1 saturated carbocycles. The number of ether oxygens (including phenoxy) is 1. The van der Waals surface area contributed by atoms with Gasteiger partial charge < -0.3 is 20.5 Å². The summed E-state index contributed by atoms with van der Waals surface area (Å²) >= 11 is 0. The zero-order valence-corrected chi connectivity index (χ0v) is 13.5. The summed E-state index contributed by atoms with van der Waals surface area (Å²) in [6.07, 6.45) is 1.34. The minimum atomic E-state index is -0.471. The molecule has 0 heterocycles. The van der Waals surface area contributed by atoms with Crippen LogP contribution in [0.15, 0.2) is 30.3 Å². The number of alkyl carbamates (subject to hydrolysis) is 1. The molecule has 3 N–H and O–H groups in total. The number of hydrogen-bond donors (Lipinski definition) is 3. The number of nitrogens with one attached hydrogen (secondary N) is 2. The first-order valence-corrected chi connectivity index (χ1v) is 7.79. The van der Waals surface area contributed by atoms with Gasteiger partial charge in [0.25, 0.3) is 0 Å². The highest BCUT2D eigenvalue weighted by Gasteiger charge is 2.32. The van der Waals surface area contributed by atoms with E-state index in [1.807, 2.05) is 51.1 Å². The number of aliphatic hydroxyl groups excluding tert-OH is 1. The maximum Gasteiger partial charge on any atom is 0.407 e. The number of carbonyl (C=O) groups is 1. The number of hydrogen-bond acceptors (Lipinski definition) is 4. The minimum absolute atomic E-state index is 0.0602. The van der Waals surface area contributed by atoms with Crippen LogP contribution in [-0.2, 0) is 4.74 Å². The molecule has 0 saturated heterocycles. The van der Waals surface area contributed by atoms with E-state index >= 15 is 0 Å². The molecular formula is C17H26N2O3. The molecule has 1 amide bonds. The molecule has 22 heavy (non-hydrogen) atoms. The van der Waals surface area contributed by atoms with Gasteiger partial charge in [-0.15, -0.1) is 0 Å². The van der Waals surface area contributed by atoms with Gasteiger partial charge in [-0.05, 0) is 39.2 Å². The van der Waals surface area contributed by atoms with Crippen LogP contribution in [0, 0.1) is 0 Å². The fraction of sp³-hybridized carbons (Fsp3) is 0.588. The van der Waals surface area contributed by atoms with E-state index in [0.717, 1.165) is 18.4 Å². The Balaban J connectivity index is 1.74. The Morgan fingerprint density at radius 1 is 1.27 bits per heavy atom. The number of carbonyl (C=O) groups excluding carboxylic acids is 1. The van der Waals surface area contributed by atoms with Crippen LogP contribution in [-0.4, -0.2) is 35.5 Å². The van der Waals surface area contributed by atoms with Crippen LogP contribution in [0.3, 0.4) is 0 Å². The van der Waals surface area contributed by atoms with Crippen LogP contribution in [0.1, 0.15) is 45.2 Å². The summed E-state index contributed by atoms with van der Waals surface area (Å²) < 4.78 is 5.24. The second-order valence-corrected chi connectivity index (χ2v) is 6.82. The van der Waals surface area contributed by atoms with Crippen LogP contribution < -0.4 is 10.6 Å². The highest BCUT2D eigenvalue weighted by atomic mass is 16.6. The third-order valence-corrected chi connectivity index (χ3v) is 3.68. The highest BCUT2D eigenvalue weighted by Crippen LogP contribution is 2.24. The molecule has 1 atom stereocenters. The molecule has 1 fully saturated rings. The molecule has 1 unspecified atom stereocenters. The smallest absolute Gasteiger partial charge is 0.407 e. The summed E-state index contributed by atoms with van der Waals surface area (Å²) in [5, 5.41) is 15.8. The first-order valence-electron chi connectivity index (χ1n) is 7.79. The highest BCUT2D eigenvalue weighted by molar-refractivity contribution is 5.68. The number of benzene rings is 1. The lowest BCUT2D eigenvalue weighted by Gasteiger charge is -2.38. The number of aliphatic hydroxyl groups is 1. The van der Waals surface area contributed by atoms with Gasteiger partial charge in [0.1, 0.15) is 5.60 Å². The van der Waals surface area contributed by atoms with Crippen molar-refractivity contribution in [2.75, 3.05) is 6.61 Å². The van der Waals surface area contributed by atoms with Crippen LogP contribution in [0.2, 0.25) is 0 Å². The van der Waals surface area contributed by atoms with E-state index in [4.69, 9.17) is 4.74 Å². The minimum Gasteiger partial charge on any atom is -0.444 e. The molecule has 1 aromatic carbocycles. The summed E-state index contributed by atoms with van der Waals surface area (Å²) in [7, 11) is 0. The van der Waals surface area contributed by atoms with Gasteiger partial charge in [-0.25, -0.2) is 4.79 Å². The number of rotatable bonds is 5. The molecule has 0 aliphatic heterocycles. The van der Waals surface area contributed by atoms with Gasteiger partial charge in [0.2, 0.25) is 0 Å². The normalized spacial score (nSPS) is 22.5. The molecular weight excluding hydrogens is 280 g/mol.